The summed E-state index contributed by atoms with van der Waals surface area (Å²) in [6, 6.07) is 5.66. The largest absolute Gasteiger partial charge is 0.459 e. The quantitative estimate of drug-likeness (QED) is 0.300. The van der Waals surface area contributed by atoms with Crippen molar-refractivity contribution in [2.24, 2.45) is 22.2 Å². The molecule has 2 aliphatic carbocycles. The highest BCUT2D eigenvalue weighted by Gasteiger charge is 2.63. The maximum atomic E-state index is 14.5. The van der Waals surface area contributed by atoms with Crippen molar-refractivity contribution in [2.45, 2.75) is 148 Å². The van der Waals surface area contributed by atoms with E-state index < -0.39 is 61.5 Å². The van der Waals surface area contributed by atoms with Crippen molar-refractivity contribution in [1.82, 2.24) is 29.8 Å². The van der Waals surface area contributed by atoms with Gasteiger partial charge >= 0.3 is 0 Å². The average molecular weight is 816 g/mol. The highest BCUT2D eigenvalue weighted by molar-refractivity contribution is 7.91. The Morgan fingerprint density at radius 3 is 2.45 bits per heavy atom. The van der Waals surface area contributed by atoms with Crippen LogP contribution in [0, 0.1) is 17.3 Å². The predicted molar refractivity (Wildman–Crippen MR) is 226 cm³/mol. The lowest BCUT2D eigenvalue weighted by Gasteiger charge is -2.33. The van der Waals surface area contributed by atoms with Crippen LogP contribution in [0.5, 0.6) is 6.01 Å². The molecule has 3 N–H and O–H groups in total. The van der Waals surface area contributed by atoms with Crippen LogP contribution in [-0.4, -0.2) is 81.3 Å². The molecule has 7 rings (SSSR count). The van der Waals surface area contributed by atoms with Crippen LogP contribution in [0.15, 0.2) is 59.4 Å². The smallest absolute Gasteiger partial charge is 0.297 e. The second kappa shape index (κ2) is 15.3. The number of fused-ring (bicyclic) bond motifs is 6. The SMILES string of the molecule is C=C[C@@H]1C[C@@]12NC(=O)[C@@H]1C[C@H](CN1C(=O)[C@@H](C)C(C)(C)C)Oc1nc3c(cccc3n1C(C)C)C1=NC(NC(C)C)=C(CC/C=C/CCC3(CC3)S(=O)(=O)NC2=O)C1. The molecule has 4 heterocycles. The Kier molecular flexibility index (Phi) is 11.0. The van der Waals surface area contributed by atoms with Gasteiger partial charge in [0.1, 0.15) is 29.0 Å². The van der Waals surface area contributed by atoms with Crippen molar-refractivity contribution >= 4 is 44.5 Å². The topological polar surface area (TPSA) is 164 Å². The van der Waals surface area contributed by atoms with Crippen LogP contribution < -0.4 is 20.1 Å². The minimum absolute atomic E-state index is 0.0312. The number of aliphatic imine (C=N–C) groups is 1. The number of nitrogens with zero attached hydrogens (tertiary/aromatic N) is 4. The molecule has 3 aliphatic heterocycles. The average Bonchev–Trinajstić information content (AvgIpc) is 3.93. The maximum Gasteiger partial charge on any atom is 0.297 e. The van der Waals surface area contributed by atoms with E-state index in [1.807, 2.05) is 50.5 Å². The molecule has 58 heavy (non-hydrogen) atoms. The molecule has 0 radical (unpaired) electrons. The molecule has 5 aliphatic rings. The number of hydrogen-bond donors (Lipinski definition) is 3. The van der Waals surface area contributed by atoms with Gasteiger partial charge in [-0.1, -0.05) is 58.1 Å². The first kappa shape index (κ1) is 41.7. The van der Waals surface area contributed by atoms with Crippen molar-refractivity contribution in [3.8, 4) is 6.01 Å². The molecule has 314 valence electrons. The van der Waals surface area contributed by atoms with Gasteiger partial charge in [-0.15, -0.1) is 6.58 Å². The number of likely N-dealkylation sites (tertiary alicyclic amines) is 1. The van der Waals surface area contributed by atoms with Crippen LogP contribution in [0.4, 0.5) is 0 Å². The second-order valence-electron chi connectivity index (χ2n) is 18.8. The van der Waals surface area contributed by atoms with Crippen LogP contribution in [0.1, 0.15) is 125 Å². The Morgan fingerprint density at radius 1 is 1.09 bits per heavy atom. The van der Waals surface area contributed by atoms with Gasteiger partial charge in [-0.2, -0.15) is 4.98 Å². The minimum atomic E-state index is -4.06. The normalized spacial score (nSPS) is 28.3. The zero-order valence-corrected chi connectivity index (χ0v) is 36.2. The third-order valence-electron chi connectivity index (χ3n) is 12.9. The lowest BCUT2D eigenvalue weighted by molar-refractivity contribution is -0.144. The number of allylic oxidation sites excluding steroid dienone is 3. The molecule has 1 aromatic carbocycles. The Bertz CT molecular complexity index is 2210. The van der Waals surface area contributed by atoms with Gasteiger partial charge in [0.05, 0.1) is 22.5 Å². The first-order valence-electron chi connectivity index (χ1n) is 21.0. The number of benzene rings is 1. The van der Waals surface area contributed by atoms with Crippen molar-refractivity contribution < 1.29 is 27.5 Å². The summed E-state index contributed by atoms with van der Waals surface area (Å²) in [6.07, 6.45) is 9.52. The number of carbonyl (C=O) groups excluding carboxylic acids is 3. The molecule has 3 fully saturated rings. The Balaban J connectivity index is 1.28. The lowest BCUT2D eigenvalue weighted by atomic mass is 9.81. The first-order valence-corrected chi connectivity index (χ1v) is 22.5. The molecule has 2 saturated carbocycles. The van der Waals surface area contributed by atoms with Gasteiger partial charge in [-0.05, 0) is 89.7 Å². The highest BCUT2D eigenvalue weighted by Crippen LogP contribution is 2.49. The zero-order chi connectivity index (χ0) is 41.9. The zero-order valence-electron chi connectivity index (χ0n) is 35.4. The molecule has 1 aromatic heterocycles. The molecule has 2 aromatic rings. The number of para-hydroxylation sites is 1. The van der Waals surface area contributed by atoms with E-state index in [-0.39, 0.29) is 37.4 Å². The fourth-order valence-electron chi connectivity index (χ4n) is 8.65. The lowest BCUT2D eigenvalue weighted by Crippen LogP contribution is -2.57. The third-order valence-corrected chi connectivity index (χ3v) is 15.1. The fraction of sp³-hybridized carbons (Fsp3) is 0.614. The maximum absolute atomic E-state index is 14.5. The summed E-state index contributed by atoms with van der Waals surface area (Å²) in [6.45, 7) is 20.1. The number of aromatic nitrogens is 2. The van der Waals surface area contributed by atoms with Gasteiger partial charge in [-0.3, -0.25) is 23.7 Å². The molecular formula is C44H61N7O6S. The van der Waals surface area contributed by atoms with E-state index in [0.29, 0.717) is 38.1 Å². The summed E-state index contributed by atoms with van der Waals surface area (Å²) in [5, 5.41) is 6.48. The van der Waals surface area contributed by atoms with Gasteiger partial charge in [0, 0.05) is 42.3 Å². The molecule has 5 atom stereocenters. The second-order valence-corrected chi connectivity index (χ2v) is 20.8. The molecule has 0 unspecified atom stereocenters. The number of imidazole rings is 1. The minimum Gasteiger partial charge on any atom is -0.459 e. The van der Waals surface area contributed by atoms with E-state index in [1.165, 1.54) is 5.57 Å². The van der Waals surface area contributed by atoms with Crippen LogP contribution in [0.3, 0.4) is 0 Å². The van der Waals surface area contributed by atoms with Crippen LogP contribution in [0.25, 0.3) is 11.0 Å². The highest BCUT2D eigenvalue weighted by atomic mass is 32.2. The summed E-state index contributed by atoms with van der Waals surface area (Å²) in [4.78, 5) is 54.5. The van der Waals surface area contributed by atoms with Crippen molar-refractivity contribution in [3.05, 3.63) is 60.0 Å². The summed E-state index contributed by atoms with van der Waals surface area (Å²) in [5.74, 6) is -1.54. The first-order chi connectivity index (χ1) is 27.3. The molecular weight excluding hydrogens is 755 g/mol. The standard InChI is InChI=1S/C44H61N7O6S/c1-10-30-24-44(30)40(54)49-58(55,56)43(20-21-43)19-14-12-11-13-16-29-22-33(46-37(29)45-26(2)3)32-17-15-18-34-36(32)47-41(51(34)27(4)5)57-31-23-35(38(52)48-44)50(25-31)39(53)28(6)42(7,8)9/h10-12,15,17-18,26-28,30-31,35,45H,1,13-14,16,19-25H2,2-9H3,(H,48,52)(H,49,54)/b12-11+/t28-,30-,31-,35+,44-/m1/s1. The number of nitrogens with one attached hydrogen (secondary N) is 3. The summed E-state index contributed by atoms with van der Waals surface area (Å²) in [7, 11) is -4.06. The third kappa shape index (κ3) is 7.73. The molecule has 3 amide bonds. The number of rotatable bonds is 5. The Labute approximate surface area is 343 Å². The molecule has 1 saturated heterocycles. The number of sulfonamides is 1. The summed E-state index contributed by atoms with van der Waals surface area (Å²) >= 11 is 0. The Hall–Kier alpha value is -4.46. The van der Waals surface area contributed by atoms with Gasteiger partial charge in [0.25, 0.3) is 11.9 Å². The van der Waals surface area contributed by atoms with Crippen LogP contribution in [0.2, 0.25) is 0 Å². The van der Waals surface area contributed by atoms with E-state index in [0.717, 1.165) is 41.0 Å². The van der Waals surface area contributed by atoms with E-state index in [4.69, 9.17) is 14.7 Å². The number of carbonyl (C=O) groups is 3. The van der Waals surface area contributed by atoms with E-state index in [1.54, 1.807) is 11.0 Å². The predicted octanol–water partition coefficient (Wildman–Crippen LogP) is 6.22. The fourth-order valence-corrected chi connectivity index (χ4v) is 10.3. The summed E-state index contributed by atoms with van der Waals surface area (Å²) in [5.41, 5.74) is 2.81. The Morgan fingerprint density at radius 2 is 1.81 bits per heavy atom. The summed E-state index contributed by atoms with van der Waals surface area (Å²) < 4.78 is 37.8. The molecule has 13 nitrogen and oxygen atoms in total. The van der Waals surface area contributed by atoms with Crippen molar-refractivity contribution in [1.29, 1.82) is 0 Å². The van der Waals surface area contributed by atoms with E-state index >= 15 is 0 Å². The van der Waals surface area contributed by atoms with Gasteiger partial charge in [-0.25, -0.2) is 13.4 Å². The molecule has 14 heteroatoms. The number of amides is 3. The van der Waals surface area contributed by atoms with Crippen molar-refractivity contribution in [3.63, 3.8) is 0 Å². The van der Waals surface area contributed by atoms with E-state index in [9.17, 15) is 22.8 Å². The van der Waals surface area contributed by atoms with Gasteiger partial charge in [0.2, 0.25) is 21.8 Å². The number of ether oxygens (including phenoxy) is 1. The molecule has 6 bridgehead atoms. The van der Waals surface area contributed by atoms with Gasteiger partial charge in [0.15, 0.2) is 0 Å². The van der Waals surface area contributed by atoms with Gasteiger partial charge < -0.3 is 20.3 Å². The van der Waals surface area contributed by atoms with E-state index in [2.05, 4.69) is 61.8 Å². The van der Waals surface area contributed by atoms with Crippen molar-refractivity contribution in [2.75, 3.05) is 6.54 Å². The monoisotopic (exact) mass is 815 g/mol. The van der Waals surface area contributed by atoms with Crippen LogP contribution in [-0.2, 0) is 24.4 Å². The van der Waals surface area contributed by atoms with Crippen LogP contribution >= 0.6 is 0 Å². The number of hydrogen-bond acceptors (Lipinski definition) is 9. The molecule has 2 spiro atoms.